The van der Waals surface area contributed by atoms with Crippen molar-refractivity contribution >= 4 is 33.3 Å². The number of nitrogens with zero attached hydrogens (tertiary/aromatic N) is 2. The molecule has 1 unspecified atom stereocenters. The van der Waals surface area contributed by atoms with Crippen LogP contribution in [0.2, 0.25) is 0 Å². The van der Waals surface area contributed by atoms with Crippen LogP contribution in [0.15, 0.2) is 12.1 Å². The molecular formula is C9H12BrN4O2+. The van der Waals surface area contributed by atoms with Crippen molar-refractivity contribution in [1.29, 1.82) is 0 Å². The van der Waals surface area contributed by atoms with E-state index in [1.54, 1.807) is 13.1 Å². The molecule has 1 aliphatic heterocycles. The lowest BCUT2D eigenvalue weighted by molar-refractivity contribution is -0.680. The molecule has 6 nitrogen and oxygen atoms in total. The van der Waals surface area contributed by atoms with Crippen LogP contribution in [0.25, 0.3) is 0 Å². The Morgan fingerprint density at radius 1 is 1.75 bits per heavy atom. The molecular weight excluding hydrogens is 276 g/mol. The van der Waals surface area contributed by atoms with Crippen LogP contribution in [-0.2, 0) is 0 Å². The van der Waals surface area contributed by atoms with Crippen molar-refractivity contribution < 1.29 is 9.49 Å². The molecule has 0 radical (unpaired) electrons. The Morgan fingerprint density at radius 3 is 3.06 bits per heavy atom. The van der Waals surface area contributed by atoms with Crippen molar-refractivity contribution in [2.75, 3.05) is 29.6 Å². The molecule has 0 bridgehead atoms. The fraction of sp³-hybridized carbons (Fsp3) is 0.444. The number of nitro groups is 1. The molecule has 7 heteroatoms. The summed E-state index contributed by atoms with van der Waals surface area (Å²) in [5.74, 6) is 1.44. The summed E-state index contributed by atoms with van der Waals surface area (Å²) < 4.78 is 1.92. The lowest BCUT2D eigenvalue weighted by Crippen LogP contribution is -2.40. The van der Waals surface area contributed by atoms with Crippen LogP contribution in [-0.4, -0.2) is 23.8 Å². The van der Waals surface area contributed by atoms with Crippen molar-refractivity contribution in [3.8, 4) is 0 Å². The van der Waals surface area contributed by atoms with E-state index in [1.807, 2.05) is 4.57 Å². The van der Waals surface area contributed by atoms with Gasteiger partial charge >= 0.3 is 11.5 Å². The Balaban J connectivity index is 2.59. The first-order chi connectivity index (χ1) is 7.69. The maximum Gasteiger partial charge on any atom is 0.341 e. The van der Waals surface area contributed by atoms with E-state index in [2.05, 4.69) is 26.6 Å². The molecule has 86 valence electrons. The largest absolute Gasteiger partial charge is 0.341 e. The zero-order valence-corrected chi connectivity index (χ0v) is 10.3. The van der Waals surface area contributed by atoms with Gasteiger partial charge in [-0.15, -0.1) is 0 Å². The van der Waals surface area contributed by atoms with Gasteiger partial charge in [-0.3, -0.25) is 15.4 Å². The Labute approximate surface area is 101 Å². The van der Waals surface area contributed by atoms with Crippen LogP contribution in [0.4, 0.5) is 17.3 Å². The highest BCUT2D eigenvalue weighted by atomic mass is 79.9. The summed E-state index contributed by atoms with van der Waals surface area (Å²) in [7, 11) is 1.80. The lowest BCUT2D eigenvalue weighted by Gasteiger charge is -2.09. The van der Waals surface area contributed by atoms with E-state index in [1.165, 1.54) is 6.07 Å². The summed E-state index contributed by atoms with van der Waals surface area (Å²) in [5, 5.41) is 17.7. The smallest absolute Gasteiger partial charge is 0.308 e. The second kappa shape index (κ2) is 4.25. The van der Waals surface area contributed by atoms with Crippen LogP contribution in [0.1, 0.15) is 6.04 Å². The predicted molar refractivity (Wildman–Crippen MR) is 64.2 cm³/mol. The molecule has 0 amide bonds. The number of halogens is 1. The van der Waals surface area contributed by atoms with Gasteiger partial charge in [0.05, 0.1) is 11.5 Å². The molecule has 2 heterocycles. The minimum absolute atomic E-state index is 0.113. The van der Waals surface area contributed by atoms with Crippen LogP contribution in [0.3, 0.4) is 0 Å². The molecule has 1 aromatic heterocycles. The number of hydrogen-bond acceptors (Lipinski definition) is 4. The van der Waals surface area contributed by atoms with Gasteiger partial charge in [0.25, 0.3) is 0 Å². The van der Waals surface area contributed by atoms with Crippen LogP contribution >= 0.6 is 15.9 Å². The molecule has 1 aromatic rings. The zero-order chi connectivity index (χ0) is 11.7. The number of aromatic nitrogens is 1. The molecule has 1 aliphatic rings. The predicted octanol–water partition coefficient (Wildman–Crippen LogP) is 1.29. The molecule has 1 atom stereocenters. The first-order valence-corrected chi connectivity index (χ1v) is 6.01. The average molecular weight is 288 g/mol. The average Bonchev–Trinajstić information content (AvgIpc) is 2.71. The van der Waals surface area contributed by atoms with Gasteiger partial charge in [-0.2, -0.15) is 0 Å². The maximum atomic E-state index is 10.9. The first kappa shape index (κ1) is 11.1. The van der Waals surface area contributed by atoms with Crippen molar-refractivity contribution in [1.82, 2.24) is 0 Å². The Bertz CT molecular complexity index is 438. The van der Waals surface area contributed by atoms with E-state index in [4.69, 9.17) is 0 Å². The molecule has 0 fully saturated rings. The fourth-order valence-corrected chi connectivity index (χ4v) is 2.41. The van der Waals surface area contributed by atoms with Crippen molar-refractivity contribution in [2.24, 2.45) is 0 Å². The summed E-state index contributed by atoms with van der Waals surface area (Å²) in [6, 6.07) is 3.43. The third-order valence-electron chi connectivity index (χ3n) is 2.64. The first-order valence-electron chi connectivity index (χ1n) is 4.89. The SMILES string of the molecule is CNc1ccc([N+](=O)[O-])c2[n+]1C(CBr)CN2. The third-order valence-corrected chi connectivity index (χ3v) is 3.39. The third kappa shape index (κ3) is 1.60. The van der Waals surface area contributed by atoms with Crippen LogP contribution in [0.5, 0.6) is 0 Å². The molecule has 0 spiro atoms. The Kier molecular flexibility index (Phi) is 2.95. The van der Waals surface area contributed by atoms with Crippen LogP contribution in [0, 0.1) is 10.1 Å². The molecule has 0 saturated heterocycles. The number of fused-ring (bicyclic) bond motifs is 1. The number of alkyl halides is 1. The molecule has 16 heavy (non-hydrogen) atoms. The highest BCUT2D eigenvalue weighted by molar-refractivity contribution is 9.09. The molecule has 2 N–H and O–H groups in total. The molecule has 0 aromatic carbocycles. The fourth-order valence-electron chi connectivity index (χ4n) is 1.90. The van der Waals surface area contributed by atoms with Gasteiger partial charge < -0.3 is 5.32 Å². The van der Waals surface area contributed by atoms with Crippen molar-refractivity contribution in [2.45, 2.75) is 6.04 Å². The van der Waals surface area contributed by atoms with Gasteiger partial charge in [0, 0.05) is 24.5 Å². The summed E-state index contributed by atoms with van der Waals surface area (Å²) >= 11 is 3.41. The van der Waals surface area contributed by atoms with Crippen molar-refractivity contribution in [3.63, 3.8) is 0 Å². The summed E-state index contributed by atoms with van der Waals surface area (Å²) in [6.07, 6.45) is 0. The summed E-state index contributed by atoms with van der Waals surface area (Å²) in [6.45, 7) is 0.699. The second-order valence-electron chi connectivity index (χ2n) is 3.52. The minimum atomic E-state index is -0.366. The monoisotopic (exact) mass is 287 g/mol. The van der Waals surface area contributed by atoms with Crippen molar-refractivity contribution in [3.05, 3.63) is 22.2 Å². The van der Waals surface area contributed by atoms with Gasteiger partial charge in [0.2, 0.25) is 5.82 Å². The van der Waals surface area contributed by atoms with E-state index in [9.17, 15) is 10.1 Å². The van der Waals surface area contributed by atoms with E-state index < -0.39 is 0 Å². The Hall–Kier alpha value is -1.37. The molecule has 0 saturated carbocycles. The van der Waals surface area contributed by atoms with E-state index >= 15 is 0 Å². The van der Waals surface area contributed by atoms with E-state index in [0.29, 0.717) is 12.4 Å². The standard InChI is InChI=1S/C9H11BrN4O2/c1-11-8-3-2-7(14(15)16)9-12-5-6(4-10)13(8)9/h2-3,6H,4-5H2,1H3,(H,11,12)/p+1. The Morgan fingerprint density at radius 2 is 2.50 bits per heavy atom. The van der Waals surface area contributed by atoms with Gasteiger partial charge in [0.15, 0.2) is 0 Å². The number of nitrogens with one attached hydrogen (secondary N) is 2. The highest BCUT2D eigenvalue weighted by Gasteiger charge is 2.35. The minimum Gasteiger partial charge on any atom is -0.308 e. The topological polar surface area (TPSA) is 71.1 Å². The highest BCUT2D eigenvalue weighted by Crippen LogP contribution is 2.28. The molecule has 0 aliphatic carbocycles. The number of anilines is 2. The van der Waals surface area contributed by atoms with Gasteiger partial charge in [0.1, 0.15) is 6.04 Å². The summed E-state index contributed by atoms with van der Waals surface area (Å²) in [4.78, 5) is 10.5. The number of hydrogen-bond donors (Lipinski definition) is 2. The van der Waals surface area contributed by atoms with E-state index in [-0.39, 0.29) is 16.7 Å². The van der Waals surface area contributed by atoms with Crippen LogP contribution < -0.4 is 15.2 Å². The molecule has 2 rings (SSSR count). The van der Waals surface area contributed by atoms with E-state index in [0.717, 1.165) is 11.1 Å². The van der Waals surface area contributed by atoms with Gasteiger partial charge in [-0.05, 0) is 0 Å². The second-order valence-corrected chi connectivity index (χ2v) is 4.17. The number of pyridine rings is 1. The van der Waals surface area contributed by atoms with Gasteiger partial charge in [-0.1, -0.05) is 15.9 Å². The van der Waals surface area contributed by atoms with Gasteiger partial charge in [-0.25, -0.2) is 4.57 Å². The lowest BCUT2D eigenvalue weighted by atomic mass is 10.3. The maximum absolute atomic E-state index is 10.9. The summed E-state index contributed by atoms with van der Waals surface area (Å²) in [5.41, 5.74) is 0.113. The zero-order valence-electron chi connectivity index (χ0n) is 8.74. The normalized spacial score (nSPS) is 17.8. The number of rotatable bonds is 3. The quantitative estimate of drug-likeness (QED) is 0.380.